The van der Waals surface area contributed by atoms with E-state index in [2.05, 4.69) is 5.32 Å². The minimum Gasteiger partial charge on any atom is -0.502 e. The molecule has 1 heterocycles. The molecule has 4 rings (SSSR count). The van der Waals surface area contributed by atoms with E-state index in [1.807, 2.05) is 6.08 Å². The molecule has 0 fully saturated rings. The molecule has 0 aliphatic heterocycles. The average Bonchev–Trinajstić information content (AvgIpc) is 2.73. The number of halogens is 1. The summed E-state index contributed by atoms with van der Waals surface area (Å²) in [5, 5.41) is 13.8. The Bertz CT molecular complexity index is 1180. The van der Waals surface area contributed by atoms with E-state index in [1.165, 1.54) is 16.7 Å². The largest absolute Gasteiger partial charge is 0.502 e. The van der Waals surface area contributed by atoms with Gasteiger partial charge in [-0.1, -0.05) is 36.4 Å². The van der Waals surface area contributed by atoms with Crippen molar-refractivity contribution >= 4 is 22.4 Å². The van der Waals surface area contributed by atoms with Crippen LogP contribution in [0.1, 0.15) is 35.2 Å². The quantitative estimate of drug-likeness (QED) is 0.713. The minimum atomic E-state index is -0.601. The van der Waals surface area contributed by atoms with Crippen molar-refractivity contribution in [3.8, 4) is 5.75 Å². The van der Waals surface area contributed by atoms with E-state index in [-0.39, 0.29) is 17.4 Å². The number of aromatic nitrogens is 1. The first-order valence-electron chi connectivity index (χ1n) is 9.52. The zero-order valence-corrected chi connectivity index (χ0v) is 16.0. The van der Waals surface area contributed by atoms with Crippen molar-refractivity contribution in [1.29, 1.82) is 0 Å². The summed E-state index contributed by atoms with van der Waals surface area (Å²) in [5.41, 5.74) is 2.10. The molecule has 1 amide bonds. The maximum atomic E-state index is 13.1. The van der Waals surface area contributed by atoms with Crippen LogP contribution in [0.5, 0.6) is 5.75 Å². The molecule has 1 atom stereocenters. The van der Waals surface area contributed by atoms with E-state index in [4.69, 9.17) is 0 Å². The smallest absolute Gasteiger partial charge is 0.293 e. The van der Waals surface area contributed by atoms with Crippen molar-refractivity contribution in [2.24, 2.45) is 7.05 Å². The Balaban J connectivity index is 1.57. The number of para-hydroxylation sites is 1. The van der Waals surface area contributed by atoms with Gasteiger partial charge in [0, 0.05) is 18.5 Å². The normalized spacial score (nSPS) is 16.5. The number of aromatic hydroxyl groups is 1. The van der Waals surface area contributed by atoms with Crippen molar-refractivity contribution in [2.45, 2.75) is 25.3 Å². The van der Waals surface area contributed by atoms with Gasteiger partial charge in [-0.3, -0.25) is 9.59 Å². The highest BCUT2D eigenvalue weighted by molar-refractivity contribution is 6.08. The first-order chi connectivity index (χ1) is 14.0. The number of amides is 1. The SMILES string of the molecule is Cn1c(=O)c(O)c(C(=O)NC2CC=C(c3ccc(F)cc3)CC2)c2ccccc21. The number of nitrogens with one attached hydrogen (secondary N) is 1. The molecule has 0 spiro atoms. The Labute approximate surface area is 167 Å². The van der Waals surface area contributed by atoms with Gasteiger partial charge < -0.3 is 15.0 Å². The first kappa shape index (κ1) is 18.9. The standard InChI is InChI=1S/C23H21FN2O3/c1-26-19-5-3-2-4-18(19)20(21(27)23(26)29)22(28)25-17-12-8-15(9-13-17)14-6-10-16(24)11-7-14/h2-8,10-11,17,27H,9,12-13H2,1H3,(H,25,28). The van der Waals surface area contributed by atoms with E-state index in [0.29, 0.717) is 17.3 Å². The van der Waals surface area contributed by atoms with Crippen molar-refractivity contribution in [1.82, 2.24) is 9.88 Å². The van der Waals surface area contributed by atoms with E-state index in [1.54, 1.807) is 43.4 Å². The summed E-state index contributed by atoms with van der Waals surface area (Å²) in [6.45, 7) is 0. The monoisotopic (exact) mass is 392 g/mol. The van der Waals surface area contributed by atoms with Crippen molar-refractivity contribution in [3.05, 3.63) is 81.9 Å². The molecule has 1 unspecified atom stereocenters. The number of nitrogens with zero attached hydrogens (tertiary/aromatic N) is 1. The lowest BCUT2D eigenvalue weighted by molar-refractivity contribution is 0.0933. The van der Waals surface area contributed by atoms with E-state index in [9.17, 15) is 19.1 Å². The van der Waals surface area contributed by atoms with Crippen LogP contribution < -0.4 is 10.9 Å². The number of pyridine rings is 1. The number of carbonyl (C=O) groups excluding carboxylic acids is 1. The van der Waals surface area contributed by atoms with Gasteiger partial charge in [0.2, 0.25) is 0 Å². The number of benzene rings is 2. The first-order valence-corrected chi connectivity index (χ1v) is 9.52. The number of carbonyl (C=O) groups is 1. The second-order valence-electron chi connectivity index (χ2n) is 7.29. The molecule has 5 nitrogen and oxygen atoms in total. The molecular weight excluding hydrogens is 371 g/mol. The second kappa shape index (κ2) is 7.54. The Morgan fingerprint density at radius 2 is 1.90 bits per heavy atom. The van der Waals surface area contributed by atoms with Gasteiger partial charge in [-0.2, -0.15) is 0 Å². The third kappa shape index (κ3) is 3.53. The van der Waals surface area contributed by atoms with E-state index in [0.717, 1.165) is 24.0 Å². The van der Waals surface area contributed by atoms with Gasteiger partial charge in [0.05, 0.1) is 11.1 Å². The van der Waals surface area contributed by atoms with Gasteiger partial charge in [0.1, 0.15) is 5.82 Å². The summed E-state index contributed by atoms with van der Waals surface area (Å²) < 4.78 is 14.4. The number of aryl methyl sites for hydroxylation is 1. The van der Waals surface area contributed by atoms with Crippen LogP contribution in [0, 0.1) is 5.82 Å². The van der Waals surface area contributed by atoms with Gasteiger partial charge in [0.25, 0.3) is 11.5 Å². The maximum Gasteiger partial charge on any atom is 0.293 e. The Morgan fingerprint density at radius 3 is 2.59 bits per heavy atom. The second-order valence-corrected chi connectivity index (χ2v) is 7.29. The lowest BCUT2D eigenvalue weighted by Gasteiger charge is -2.24. The highest BCUT2D eigenvalue weighted by atomic mass is 19.1. The molecule has 3 aromatic rings. The molecule has 1 aliphatic carbocycles. The number of fused-ring (bicyclic) bond motifs is 1. The fourth-order valence-corrected chi connectivity index (χ4v) is 3.86. The van der Waals surface area contributed by atoms with E-state index >= 15 is 0 Å². The predicted octanol–water partition coefficient (Wildman–Crippen LogP) is 3.75. The molecule has 0 saturated heterocycles. The zero-order valence-electron chi connectivity index (χ0n) is 16.0. The summed E-state index contributed by atoms with van der Waals surface area (Å²) >= 11 is 0. The van der Waals surface area contributed by atoms with Gasteiger partial charge in [-0.15, -0.1) is 0 Å². The lowest BCUT2D eigenvalue weighted by Crippen LogP contribution is -2.36. The number of rotatable bonds is 3. The highest BCUT2D eigenvalue weighted by Crippen LogP contribution is 2.28. The molecule has 0 saturated carbocycles. The molecule has 2 N–H and O–H groups in total. The maximum absolute atomic E-state index is 13.1. The van der Waals surface area contributed by atoms with Crippen molar-refractivity contribution < 1.29 is 14.3 Å². The lowest BCUT2D eigenvalue weighted by atomic mass is 9.90. The topological polar surface area (TPSA) is 71.3 Å². The van der Waals surface area contributed by atoms with Crippen molar-refractivity contribution in [3.63, 3.8) is 0 Å². The predicted molar refractivity (Wildman–Crippen MR) is 110 cm³/mol. The Hall–Kier alpha value is -3.41. The van der Waals surface area contributed by atoms with Gasteiger partial charge in [-0.05, 0) is 48.6 Å². The number of hydrogen-bond donors (Lipinski definition) is 2. The molecule has 148 valence electrons. The number of allylic oxidation sites excluding steroid dienone is 1. The fraction of sp³-hybridized carbons (Fsp3) is 0.217. The fourth-order valence-electron chi connectivity index (χ4n) is 3.86. The van der Waals surface area contributed by atoms with Crippen LogP contribution in [-0.2, 0) is 7.05 Å². The van der Waals surface area contributed by atoms with Crippen LogP contribution in [0.4, 0.5) is 4.39 Å². The van der Waals surface area contributed by atoms with Gasteiger partial charge >= 0.3 is 0 Å². The summed E-state index contributed by atoms with van der Waals surface area (Å²) in [7, 11) is 1.56. The molecular formula is C23H21FN2O3. The average molecular weight is 392 g/mol. The molecule has 0 bridgehead atoms. The van der Waals surface area contributed by atoms with Gasteiger partial charge in [0.15, 0.2) is 5.75 Å². The molecule has 1 aromatic heterocycles. The summed E-state index contributed by atoms with van der Waals surface area (Å²) in [6, 6.07) is 13.3. The number of hydrogen-bond acceptors (Lipinski definition) is 3. The highest BCUT2D eigenvalue weighted by Gasteiger charge is 2.24. The zero-order chi connectivity index (χ0) is 20.5. The third-order valence-electron chi connectivity index (χ3n) is 5.47. The Kier molecular flexibility index (Phi) is 4.92. The third-order valence-corrected chi connectivity index (χ3v) is 5.47. The summed E-state index contributed by atoms with van der Waals surface area (Å²) in [5.74, 6) is -1.27. The molecule has 6 heteroatoms. The van der Waals surface area contributed by atoms with Crippen LogP contribution in [-0.4, -0.2) is 21.6 Å². The van der Waals surface area contributed by atoms with Crippen LogP contribution in [0.2, 0.25) is 0 Å². The van der Waals surface area contributed by atoms with Crippen LogP contribution >= 0.6 is 0 Å². The minimum absolute atomic E-state index is 0.0111. The van der Waals surface area contributed by atoms with Gasteiger partial charge in [-0.25, -0.2) is 4.39 Å². The Morgan fingerprint density at radius 1 is 1.17 bits per heavy atom. The molecule has 1 aliphatic rings. The van der Waals surface area contributed by atoms with Crippen molar-refractivity contribution in [2.75, 3.05) is 0 Å². The van der Waals surface area contributed by atoms with Crippen LogP contribution in [0.3, 0.4) is 0 Å². The summed E-state index contributed by atoms with van der Waals surface area (Å²) in [4.78, 5) is 25.2. The van der Waals surface area contributed by atoms with E-state index < -0.39 is 17.2 Å². The molecule has 2 aromatic carbocycles. The molecule has 0 radical (unpaired) electrons. The van der Waals surface area contributed by atoms with Crippen LogP contribution in [0.25, 0.3) is 16.5 Å². The summed E-state index contributed by atoms with van der Waals surface area (Å²) in [6.07, 6.45) is 4.14. The van der Waals surface area contributed by atoms with Crippen LogP contribution in [0.15, 0.2) is 59.4 Å². The molecule has 29 heavy (non-hydrogen) atoms.